The van der Waals surface area contributed by atoms with E-state index in [1.54, 1.807) is 24.3 Å². The van der Waals surface area contributed by atoms with Gasteiger partial charge in [-0.3, -0.25) is 4.79 Å². The van der Waals surface area contributed by atoms with E-state index in [1.807, 2.05) is 30.3 Å². The summed E-state index contributed by atoms with van der Waals surface area (Å²) in [5.74, 6) is -0.308. The van der Waals surface area contributed by atoms with E-state index in [2.05, 4.69) is 5.32 Å². The summed E-state index contributed by atoms with van der Waals surface area (Å²) in [7, 11) is -3.57. The van der Waals surface area contributed by atoms with Crippen LogP contribution in [0, 0.1) is 0 Å². The van der Waals surface area contributed by atoms with Crippen LogP contribution in [0.1, 0.15) is 23.6 Å². The lowest BCUT2D eigenvalue weighted by atomic mass is 10.0. The molecule has 1 aliphatic rings. The third kappa shape index (κ3) is 4.44. The van der Waals surface area contributed by atoms with Crippen LogP contribution in [0.2, 0.25) is 5.02 Å². The Labute approximate surface area is 159 Å². The lowest BCUT2D eigenvalue weighted by Gasteiger charge is -2.34. The van der Waals surface area contributed by atoms with Gasteiger partial charge in [0, 0.05) is 18.1 Å². The van der Waals surface area contributed by atoms with E-state index < -0.39 is 16.1 Å². The second kappa shape index (κ2) is 8.20. The summed E-state index contributed by atoms with van der Waals surface area (Å²) in [5.41, 5.74) is 1.69. The summed E-state index contributed by atoms with van der Waals surface area (Å²) in [6.45, 7) is 0.574. The maximum Gasteiger partial charge on any atom is 0.243 e. The number of carbonyl (C=O) groups is 1. The third-order valence-corrected chi connectivity index (χ3v) is 6.55. The minimum Gasteiger partial charge on any atom is -0.353 e. The van der Waals surface area contributed by atoms with Crippen molar-refractivity contribution in [3.05, 3.63) is 70.7 Å². The molecule has 1 heterocycles. The smallest absolute Gasteiger partial charge is 0.243 e. The fourth-order valence-corrected chi connectivity index (χ4v) is 5.01. The molecule has 1 saturated heterocycles. The van der Waals surface area contributed by atoms with Crippen molar-refractivity contribution in [1.82, 2.24) is 9.62 Å². The third-order valence-electron chi connectivity index (χ3n) is 4.40. The first kappa shape index (κ1) is 18.9. The van der Waals surface area contributed by atoms with Crippen molar-refractivity contribution in [3.63, 3.8) is 0 Å². The quantitative estimate of drug-likeness (QED) is 0.822. The van der Waals surface area contributed by atoms with E-state index in [4.69, 9.17) is 11.6 Å². The highest BCUT2D eigenvalue weighted by Crippen LogP contribution is 2.28. The van der Waals surface area contributed by atoms with Crippen LogP contribution >= 0.6 is 11.6 Å². The SMILES string of the molecule is O=C1NCCN(S(=O)(=O)CCCc2ccccc2)C1c1cccc(Cl)c1. The van der Waals surface area contributed by atoms with Gasteiger partial charge in [0.15, 0.2) is 0 Å². The van der Waals surface area contributed by atoms with Crippen molar-refractivity contribution in [2.24, 2.45) is 0 Å². The van der Waals surface area contributed by atoms with E-state index in [-0.39, 0.29) is 18.2 Å². The molecule has 3 rings (SSSR count). The van der Waals surface area contributed by atoms with Crippen LogP contribution in [0.4, 0.5) is 0 Å². The van der Waals surface area contributed by atoms with Gasteiger partial charge in [0.2, 0.25) is 15.9 Å². The van der Waals surface area contributed by atoms with Gasteiger partial charge < -0.3 is 5.32 Å². The van der Waals surface area contributed by atoms with Gasteiger partial charge in [0.25, 0.3) is 0 Å². The Balaban J connectivity index is 1.76. The summed E-state index contributed by atoms with van der Waals surface area (Å²) in [6, 6.07) is 15.7. The zero-order chi connectivity index (χ0) is 18.6. The number of nitrogens with zero attached hydrogens (tertiary/aromatic N) is 1. The molecule has 2 aromatic rings. The molecular weight excluding hydrogens is 372 g/mol. The van der Waals surface area contributed by atoms with Gasteiger partial charge >= 0.3 is 0 Å². The molecule has 0 aliphatic carbocycles. The van der Waals surface area contributed by atoms with Gasteiger partial charge in [-0.2, -0.15) is 4.31 Å². The molecule has 138 valence electrons. The van der Waals surface area contributed by atoms with Crippen molar-refractivity contribution in [1.29, 1.82) is 0 Å². The lowest BCUT2D eigenvalue weighted by molar-refractivity contribution is -0.126. The van der Waals surface area contributed by atoms with Gasteiger partial charge in [-0.05, 0) is 36.1 Å². The van der Waals surface area contributed by atoms with Crippen LogP contribution in [0.25, 0.3) is 0 Å². The van der Waals surface area contributed by atoms with Gasteiger partial charge in [0.1, 0.15) is 6.04 Å². The maximum atomic E-state index is 12.9. The molecule has 1 atom stereocenters. The van der Waals surface area contributed by atoms with Gasteiger partial charge in [-0.1, -0.05) is 54.1 Å². The van der Waals surface area contributed by atoms with E-state index in [0.29, 0.717) is 30.0 Å². The number of hydrogen-bond donors (Lipinski definition) is 1. The molecule has 1 N–H and O–H groups in total. The number of amides is 1. The van der Waals surface area contributed by atoms with E-state index >= 15 is 0 Å². The molecule has 0 spiro atoms. The average molecular weight is 393 g/mol. The molecule has 5 nitrogen and oxygen atoms in total. The maximum absolute atomic E-state index is 12.9. The predicted octanol–water partition coefficient (Wildman–Crippen LogP) is 2.78. The zero-order valence-electron chi connectivity index (χ0n) is 14.3. The van der Waals surface area contributed by atoms with E-state index in [1.165, 1.54) is 4.31 Å². The molecule has 1 fully saturated rings. The van der Waals surface area contributed by atoms with Crippen LogP contribution in [-0.4, -0.2) is 37.5 Å². The van der Waals surface area contributed by atoms with Crippen molar-refractivity contribution >= 4 is 27.5 Å². The number of piperazine rings is 1. The van der Waals surface area contributed by atoms with E-state index in [9.17, 15) is 13.2 Å². The first-order valence-corrected chi connectivity index (χ1v) is 10.5. The number of nitrogens with one attached hydrogen (secondary N) is 1. The minimum atomic E-state index is -3.57. The summed E-state index contributed by atoms with van der Waals surface area (Å²) in [4.78, 5) is 12.4. The normalized spacial score (nSPS) is 18.5. The number of aryl methyl sites for hydroxylation is 1. The molecule has 0 radical (unpaired) electrons. The fourth-order valence-electron chi connectivity index (χ4n) is 3.16. The zero-order valence-corrected chi connectivity index (χ0v) is 15.8. The fraction of sp³-hybridized carbons (Fsp3) is 0.316. The highest BCUT2D eigenvalue weighted by Gasteiger charge is 2.38. The highest BCUT2D eigenvalue weighted by molar-refractivity contribution is 7.89. The standard InChI is InChI=1S/C19H21ClN2O3S/c20-17-10-4-9-16(14-17)18-19(23)21-11-12-22(18)26(24,25)13-5-8-15-6-2-1-3-7-15/h1-4,6-7,9-10,14,18H,5,8,11-13H2,(H,21,23). The van der Waals surface area contributed by atoms with Crippen molar-refractivity contribution in [2.75, 3.05) is 18.8 Å². The van der Waals surface area contributed by atoms with Crippen molar-refractivity contribution < 1.29 is 13.2 Å². The van der Waals surface area contributed by atoms with Crippen molar-refractivity contribution in [2.45, 2.75) is 18.9 Å². The Bertz CT molecular complexity index is 871. The Morgan fingerprint density at radius 2 is 1.88 bits per heavy atom. The summed E-state index contributed by atoms with van der Waals surface area (Å²) < 4.78 is 27.1. The second-order valence-electron chi connectivity index (χ2n) is 6.26. The number of halogens is 1. The molecule has 26 heavy (non-hydrogen) atoms. The summed E-state index contributed by atoms with van der Waals surface area (Å²) in [6.07, 6.45) is 1.19. The molecule has 0 saturated carbocycles. The number of rotatable bonds is 6. The Morgan fingerprint density at radius 1 is 1.12 bits per heavy atom. The molecule has 1 unspecified atom stereocenters. The van der Waals surface area contributed by atoms with Crippen molar-refractivity contribution in [3.8, 4) is 0 Å². The lowest BCUT2D eigenvalue weighted by Crippen LogP contribution is -2.52. The van der Waals surface area contributed by atoms with Gasteiger partial charge in [0.05, 0.1) is 5.75 Å². The highest BCUT2D eigenvalue weighted by atomic mass is 35.5. The average Bonchev–Trinajstić information content (AvgIpc) is 2.62. The molecular formula is C19H21ClN2O3S. The molecule has 1 amide bonds. The monoisotopic (exact) mass is 392 g/mol. The number of benzene rings is 2. The predicted molar refractivity (Wildman–Crippen MR) is 102 cm³/mol. The Morgan fingerprint density at radius 3 is 2.62 bits per heavy atom. The summed E-state index contributed by atoms with van der Waals surface area (Å²) >= 11 is 6.03. The molecule has 7 heteroatoms. The number of carbonyl (C=O) groups excluding carboxylic acids is 1. The van der Waals surface area contributed by atoms with Crippen LogP contribution in [0.3, 0.4) is 0 Å². The molecule has 0 bridgehead atoms. The molecule has 1 aliphatic heterocycles. The topological polar surface area (TPSA) is 66.5 Å². The summed E-state index contributed by atoms with van der Waals surface area (Å²) in [5, 5.41) is 3.22. The van der Waals surface area contributed by atoms with Crippen LogP contribution in [0.15, 0.2) is 54.6 Å². The first-order valence-electron chi connectivity index (χ1n) is 8.54. The Hall–Kier alpha value is -1.89. The van der Waals surface area contributed by atoms with Gasteiger partial charge in [-0.25, -0.2) is 8.42 Å². The van der Waals surface area contributed by atoms with E-state index in [0.717, 1.165) is 5.56 Å². The largest absolute Gasteiger partial charge is 0.353 e. The number of hydrogen-bond acceptors (Lipinski definition) is 3. The molecule has 0 aromatic heterocycles. The number of sulfonamides is 1. The van der Waals surface area contributed by atoms with Crippen LogP contribution < -0.4 is 5.32 Å². The Kier molecular flexibility index (Phi) is 5.96. The minimum absolute atomic E-state index is 0.00619. The second-order valence-corrected chi connectivity index (χ2v) is 8.74. The van der Waals surface area contributed by atoms with Crippen LogP contribution in [-0.2, 0) is 21.2 Å². The first-order chi connectivity index (χ1) is 12.5. The molecule has 2 aromatic carbocycles. The van der Waals surface area contributed by atoms with Gasteiger partial charge in [-0.15, -0.1) is 0 Å². The van der Waals surface area contributed by atoms with Crippen LogP contribution in [0.5, 0.6) is 0 Å².